The van der Waals surface area contributed by atoms with Crippen molar-refractivity contribution in [3.05, 3.63) is 35.4 Å². The van der Waals surface area contributed by atoms with E-state index >= 15 is 0 Å². The van der Waals surface area contributed by atoms with Crippen molar-refractivity contribution in [2.24, 2.45) is 0 Å². The maximum Gasteiger partial charge on any atom is 0.251 e. The van der Waals surface area contributed by atoms with Gasteiger partial charge in [-0.15, -0.1) is 0 Å². The molecule has 1 rings (SSSR count). The van der Waals surface area contributed by atoms with Gasteiger partial charge in [-0.25, -0.2) is 0 Å². The maximum atomic E-state index is 11.9. The largest absolute Gasteiger partial charge is 0.387 e. The minimum atomic E-state index is -0.864. The molecule has 0 saturated heterocycles. The Balaban J connectivity index is 2.53. The van der Waals surface area contributed by atoms with Gasteiger partial charge in [-0.05, 0) is 37.3 Å². The van der Waals surface area contributed by atoms with Crippen LogP contribution in [0.5, 0.6) is 0 Å². The summed E-state index contributed by atoms with van der Waals surface area (Å²) in [7, 11) is 0. The highest BCUT2D eigenvalue weighted by Gasteiger charge is 2.20. The molecule has 0 spiro atoms. The number of thioether (sulfide) groups is 1. The topological polar surface area (TPSA) is 49.3 Å². The maximum absolute atomic E-state index is 11.9. The lowest BCUT2D eigenvalue weighted by Gasteiger charge is -2.22. The molecular formula is C15H23NO2S. The SMILES string of the molecule is CCCc1ccc(C(=O)NC[C@@](C)(O)CSC)cc1. The average molecular weight is 281 g/mol. The molecule has 0 unspecified atom stereocenters. The zero-order valence-electron chi connectivity index (χ0n) is 11.9. The van der Waals surface area contributed by atoms with Crippen molar-refractivity contribution in [1.82, 2.24) is 5.32 Å². The van der Waals surface area contributed by atoms with E-state index in [0.29, 0.717) is 11.3 Å². The van der Waals surface area contributed by atoms with E-state index in [4.69, 9.17) is 0 Å². The van der Waals surface area contributed by atoms with Gasteiger partial charge in [0.2, 0.25) is 0 Å². The normalized spacial score (nSPS) is 13.9. The van der Waals surface area contributed by atoms with Crippen molar-refractivity contribution >= 4 is 17.7 Å². The summed E-state index contributed by atoms with van der Waals surface area (Å²) in [6.07, 6.45) is 4.07. The van der Waals surface area contributed by atoms with Crippen molar-refractivity contribution in [1.29, 1.82) is 0 Å². The number of carbonyl (C=O) groups excluding carboxylic acids is 1. The van der Waals surface area contributed by atoms with Crippen molar-refractivity contribution < 1.29 is 9.90 Å². The van der Waals surface area contributed by atoms with Crippen LogP contribution in [0, 0.1) is 0 Å². The first-order valence-electron chi connectivity index (χ1n) is 6.57. The first kappa shape index (κ1) is 16.1. The van der Waals surface area contributed by atoms with E-state index in [-0.39, 0.29) is 12.5 Å². The standard InChI is InChI=1S/C15H23NO2S/c1-4-5-12-6-8-13(9-7-12)14(17)16-10-15(2,18)11-19-3/h6-9,18H,4-5,10-11H2,1-3H3,(H,16,17)/t15-/m1/s1. The summed E-state index contributed by atoms with van der Waals surface area (Å²) in [6.45, 7) is 4.13. The van der Waals surface area contributed by atoms with Crippen molar-refractivity contribution in [3.8, 4) is 0 Å². The lowest BCUT2D eigenvalue weighted by atomic mass is 10.1. The van der Waals surface area contributed by atoms with Crippen molar-refractivity contribution in [2.75, 3.05) is 18.6 Å². The van der Waals surface area contributed by atoms with Crippen LogP contribution < -0.4 is 5.32 Å². The predicted octanol–water partition coefficient (Wildman–Crippen LogP) is 2.48. The van der Waals surface area contributed by atoms with Crippen LogP contribution in [0.4, 0.5) is 0 Å². The molecule has 4 heteroatoms. The van der Waals surface area contributed by atoms with Gasteiger partial charge in [0.05, 0.1) is 5.60 Å². The summed E-state index contributed by atoms with van der Waals surface area (Å²) in [6, 6.07) is 7.64. The van der Waals surface area contributed by atoms with Gasteiger partial charge in [-0.1, -0.05) is 25.5 Å². The zero-order valence-corrected chi connectivity index (χ0v) is 12.7. The van der Waals surface area contributed by atoms with Crippen LogP contribution in [0.15, 0.2) is 24.3 Å². The summed E-state index contributed by atoms with van der Waals surface area (Å²) in [5.41, 5.74) is 1.02. The van der Waals surface area contributed by atoms with Gasteiger partial charge in [0.1, 0.15) is 0 Å². The fraction of sp³-hybridized carbons (Fsp3) is 0.533. The molecule has 1 atom stereocenters. The van der Waals surface area contributed by atoms with Crippen LogP contribution in [0.2, 0.25) is 0 Å². The monoisotopic (exact) mass is 281 g/mol. The van der Waals surface area contributed by atoms with Gasteiger partial charge in [-0.2, -0.15) is 11.8 Å². The lowest BCUT2D eigenvalue weighted by Crippen LogP contribution is -2.42. The Morgan fingerprint density at radius 2 is 2.00 bits per heavy atom. The summed E-state index contributed by atoms with van der Waals surface area (Å²) in [4.78, 5) is 11.9. The van der Waals surface area contributed by atoms with Crippen LogP contribution >= 0.6 is 11.8 Å². The van der Waals surface area contributed by atoms with Crippen molar-refractivity contribution in [3.63, 3.8) is 0 Å². The van der Waals surface area contributed by atoms with E-state index < -0.39 is 5.60 Å². The summed E-state index contributed by atoms with van der Waals surface area (Å²) >= 11 is 1.56. The quantitative estimate of drug-likeness (QED) is 0.807. The Hall–Kier alpha value is -1.00. The number of aryl methyl sites for hydroxylation is 1. The number of amides is 1. The Bertz CT molecular complexity index is 401. The van der Waals surface area contributed by atoms with E-state index in [1.165, 1.54) is 5.56 Å². The molecule has 0 bridgehead atoms. The summed E-state index contributed by atoms with van der Waals surface area (Å²) in [5.74, 6) is 0.465. The second-order valence-corrected chi connectivity index (χ2v) is 5.93. The second-order valence-electron chi connectivity index (χ2n) is 5.06. The van der Waals surface area contributed by atoms with Gasteiger partial charge in [0.25, 0.3) is 5.91 Å². The highest BCUT2D eigenvalue weighted by Crippen LogP contribution is 2.10. The van der Waals surface area contributed by atoms with E-state index in [2.05, 4.69) is 12.2 Å². The zero-order chi connectivity index (χ0) is 14.3. The van der Waals surface area contributed by atoms with Gasteiger partial charge < -0.3 is 10.4 Å². The molecule has 0 aromatic heterocycles. The van der Waals surface area contributed by atoms with Gasteiger partial charge in [0, 0.05) is 17.9 Å². The number of nitrogens with one attached hydrogen (secondary N) is 1. The fourth-order valence-corrected chi connectivity index (χ4v) is 2.57. The van der Waals surface area contributed by atoms with Crippen LogP contribution in [0.25, 0.3) is 0 Å². The first-order valence-corrected chi connectivity index (χ1v) is 7.96. The number of aliphatic hydroxyl groups is 1. The second kappa shape index (κ2) is 7.56. The first-order chi connectivity index (χ1) is 8.98. The van der Waals surface area contributed by atoms with Gasteiger partial charge in [-0.3, -0.25) is 4.79 Å². The molecule has 0 aliphatic carbocycles. The molecule has 0 saturated carbocycles. The molecule has 0 aliphatic rings. The molecule has 0 aliphatic heterocycles. The molecule has 106 valence electrons. The number of hydrogen-bond donors (Lipinski definition) is 2. The molecule has 1 aromatic carbocycles. The molecule has 19 heavy (non-hydrogen) atoms. The van der Waals surface area contributed by atoms with Gasteiger partial charge in [0.15, 0.2) is 0 Å². The van der Waals surface area contributed by atoms with Crippen LogP contribution in [-0.4, -0.2) is 35.2 Å². The van der Waals surface area contributed by atoms with Crippen LogP contribution in [0.3, 0.4) is 0 Å². The molecule has 3 nitrogen and oxygen atoms in total. The third-order valence-corrected chi connectivity index (χ3v) is 3.75. The minimum Gasteiger partial charge on any atom is -0.387 e. The predicted molar refractivity (Wildman–Crippen MR) is 81.8 cm³/mol. The molecule has 1 aromatic rings. The number of rotatable bonds is 7. The van der Waals surface area contributed by atoms with E-state index in [0.717, 1.165) is 12.8 Å². The summed E-state index contributed by atoms with van der Waals surface area (Å²) < 4.78 is 0. The average Bonchev–Trinajstić information content (AvgIpc) is 2.37. The van der Waals surface area contributed by atoms with Crippen LogP contribution in [0.1, 0.15) is 36.2 Å². The Labute approximate surface area is 119 Å². The molecule has 0 heterocycles. The molecule has 1 amide bonds. The third-order valence-electron chi connectivity index (χ3n) is 2.84. The minimum absolute atomic E-state index is 0.135. The molecule has 0 fully saturated rings. The third kappa shape index (κ3) is 5.66. The Morgan fingerprint density at radius 3 is 2.53 bits per heavy atom. The van der Waals surface area contributed by atoms with E-state index in [1.807, 2.05) is 30.5 Å². The van der Waals surface area contributed by atoms with Crippen molar-refractivity contribution in [2.45, 2.75) is 32.3 Å². The smallest absolute Gasteiger partial charge is 0.251 e. The lowest BCUT2D eigenvalue weighted by molar-refractivity contribution is 0.0725. The summed E-state index contributed by atoms with van der Waals surface area (Å²) in [5, 5.41) is 12.8. The van der Waals surface area contributed by atoms with Crippen LogP contribution in [-0.2, 0) is 6.42 Å². The Morgan fingerprint density at radius 1 is 1.37 bits per heavy atom. The number of carbonyl (C=O) groups is 1. The van der Waals surface area contributed by atoms with E-state index in [1.54, 1.807) is 18.7 Å². The highest BCUT2D eigenvalue weighted by atomic mass is 32.2. The highest BCUT2D eigenvalue weighted by molar-refractivity contribution is 7.98. The Kier molecular flexibility index (Phi) is 6.38. The molecule has 2 N–H and O–H groups in total. The molecule has 0 radical (unpaired) electrons. The molecular weight excluding hydrogens is 258 g/mol. The van der Waals surface area contributed by atoms with Gasteiger partial charge >= 0.3 is 0 Å². The number of benzene rings is 1. The van der Waals surface area contributed by atoms with E-state index in [9.17, 15) is 9.90 Å². The number of hydrogen-bond acceptors (Lipinski definition) is 3. The fourth-order valence-electron chi connectivity index (χ4n) is 1.85.